The summed E-state index contributed by atoms with van der Waals surface area (Å²) in [6.07, 6.45) is 5.48. The van der Waals surface area contributed by atoms with Gasteiger partial charge in [0.25, 0.3) is 0 Å². The summed E-state index contributed by atoms with van der Waals surface area (Å²) < 4.78 is 0. The van der Waals surface area contributed by atoms with Gasteiger partial charge in [0.2, 0.25) is 5.91 Å². The minimum atomic E-state index is 0.169. The van der Waals surface area contributed by atoms with Crippen molar-refractivity contribution in [1.29, 1.82) is 0 Å². The molecule has 0 bridgehead atoms. The minimum absolute atomic E-state index is 0.169. The number of benzene rings is 1. The molecule has 0 unspecified atom stereocenters. The fraction of sp³-hybridized carbons (Fsp3) is 0.294. The van der Waals surface area contributed by atoms with Crippen molar-refractivity contribution in [3.63, 3.8) is 0 Å². The van der Waals surface area contributed by atoms with Gasteiger partial charge in [-0.2, -0.15) is 0 Å². The largest absolute Gasteiger partial charge is 0.334 e. The van der Waals surface area contributed by atoms with E-state index in [4.69, 9.17) is 23.2 Å². The van der Waals surface area contributed by atoms with Gasteiger partial charge in [-0.15, -0.1) is 0 Å². The smallest absolute Gasteiger partial charge is 0.226 e. The van der Waals surface area contributed by atoms with Crippen molar-refractivity contribution >= 4 is 29.1 Å². The maximum atomic E-state index is 12.5. The predicted molar refractivity (Wildman–Crippen MR) is 87.7 cm³/mol. The quantitative estimate of drug-likeness (QED) is 0.815. The van der Waals surface area contributed by atoms with Crippen LogP contribution in [-0.4, -0.2) is 15.8 Å². The van der Waals surface area contributed by atoms with E-state index in [-0.39, 0.29) is 11.8 Å². The molecule has 1 aromatic heterocycles. The Kier molecular flexibility index (Phi) is 4.65. The van der Waals surface area contributed by atoms with Crippen LogP contribution in [0, 0.1) is 5.92 Å². The summed E-state index contributed by atoms with van der Waals surface area (Å²) in [5.74, 6) is 0.359. The number of halogens is 2. The Balaban J connectivity index is 1.80. The molecule has 0 aliphatic heterocycles. The molecule has 0 spiro atoms. The molecule has 1 aliphatic carbocycles. The van der Waals surface area contributed by atoms with Crippen LogP contribution in [0.5, 0.6) is 0 Å². The number of hydrogen-bond acceptors (Lipinski definition) is 2. The van der Waals surface area contributed by atoms with E-state index in [1.54, 1.807) is 24.5 Å². The van der Waals surface area contributed by atoms with E-state index in [0.29, 0.717) is 23.1 Å². The van der Waals surface area contributed by atoms with Gasteiger partial charge in [0.15, 0.2) is 0 Å². The summed E-state index contributed by atoms with van der Waals surface area (Å²) in [4.78, 5) is 18.5. The van der Waals surface area contributed by atoms with Crippen molar-refractivity contribution in [2.45, 2.75) is 25.9 Å². The van der Waals surface area contributed by atoms with Gasteiger partial charge >= 0.3 is 0 Å². The van der Waals surface area contributed by atoms with E-state index in [1.807, 2.05) is 23.1 Å². The number of rotatable bonds is 5. The van der Waals surface area contributed by atoms with Gasteiger partial charge in [-0.05, 0) is 42.2 Å². The van der Waals surface area contributed by atoms with Gasteiger partial charge in [-0.3, -0.25) is 9.78 Å². The SMILES string of the molecule is O=C(C1CC1)N(Cc1cccnc1)Cc1ccc(Cl)cc1Cl. The first-order chi connectivity index (χ1) is 10.6. The number of amides is 1. The topological polar surface area (TPSA) is 33.2 Å². The molecule has 22 heavy (non-hydrogen) atoms. The van der Waals surface area contributed by atoms with Crippen LogP contribution >= 0.6 is 23.2 Å². The highest BCUT2D eigenvalue weighted by atomic mass is 35.5. The van der Waals surface area contributed by atoms with Gasteiger partial charge in [0, 0.05) is 41.4 Å². The molecule has 0 N–H and O–H groups in total. The third kappa shape index (κ3) is 3.79. The lowest BCUT2D eigenvalue weighted by molar-refractivity contribution is -0.133. The Hall–Kier alpha value is -1.58. The molecule has 1 fully saturated rings. The average Bonchev–Trinajstić information content (AvgIpc) is 3.34. The zero-order chi connectivity index (χ0) is 15.5. The average molecular weight is 335 g/mol. The number of pyridine rings is 1. The molecule has 1 saturated carbocycles. The van der Waals surface area contributed by atoms with Gasteiger partial charge in [-0.25, -0.2) is 0 Å². The number of nitrogens with zero attached hydrogens (tertiary/aromatic N) is 2. The van der Waals surface area contributed by atoms with Crippen molar-refractivity contribution in [3.8, 4) is 0 Å². The van der Waals surface area contributed by atoms with Crippen LogP contribution in [0.15, 0.2) is 42.7 Å². The summed E-state index contributed by atoms with van der Waals surface area (Å²) in [5.41, 5.74) is 1.92. The van der Waals surface area contributed by atoms with E-state index in [1.165, 1.54) is 0 Å². The van der Waals surface area contributed by atoms with Gasteiger partial charge < -0.3 is 4.90 Å². The zero-order valence-corrected chi connectivity index (χ0v) is 13.5. The third-order valence-corrected chi connectivity index (χ3v) is 4.30. The van der Waals surface area contributed by atoms with Crippen molar-refractivity contribution in [2.75, 3.05) is 0 Å². The van der Waals surface area contributed by atoms with E-state index >= 15 is 0 Å². The molecule has 0 radical (unpaired) electrons. The second-order valence-electron chi connectivity index (χ2n) is 5.57. The number of carbonyl (C=O) groups is 1. The Bertz CT molecular complexity index is 672. The Labute approximate surface area is 139 Å². The predicted octanol–water partition coefficient (Wildman–Crippen LogP) is 4.33. The summed E-state index contributed by atoms with van der Waals surface area (Å²) >= 11 is 12.2. The lowest BCUT2D eigenvalue weighted by atomic mass is 10.1. The number of aromatic nitrogens is 1. The second kappa shape index (κ2) is 6.67. The molecule has 0 saturated heterocycles. The zero-order valence-electron chi connectivity index (χ0n) is 12.0. The van der Waals surface area contributed by atoms with Crippen molar-refractivity contribution in [1.82, 2.24) is 9.88 Å². The Morgan fingerprint density at radius 3 is 2.68 bits per heavy atom. The molecule has 114 valence electrons. The molecule has 2 aromatic rings. The lowest BCUT2D eigenvalue weighted by Gasteiger charge is -2.23. The number of hydrogen-bond donors (Lipinski definition) is 0. The van der Waals surface area contributed by atoms with E-state index < -0.39 is 0 Å². The van der Waals surface area contributed by atoms with E-state index in [0.717, 1.165) is 24.0 Å². The fourth-order valence-corrected chi connectivity index (χ4v) is 2.84. The highest BCUT2D eigenvalue weighted by Crippen LogP contribution is 2.32. The molecule has 0 atom stereocenters. The molecule has 5 heteroatoms. The summed E-state index contributed by atoms with van der Waals surface area (Å²) in [6, 6.07) is 9.24. The van der Waals surface area contributed by atoms with Crippen molar-refractivity contribution in [2.24, 2.45) is 5.92 Å². The monoisotopic (exact) mass is 334 g/mol. The van der Waals surface area contributed by atoms with Crippen LogP contribution in [0.4, 0.5) is 0 Å². The maximum absolute atomic E-state index is 12.5. The van der Waals surface area contributed by atoms with Crippen molar-refractivity contribution < 1.29 is 4.79 Å². The summed E-state index contributed by atoms with van der Waals surface area (Å²) in [7, 11) is 0. The Morgan fingerprint density at radius 2 is 2.05 bits per heavy atom. The molecule has 3 rings (SSSR count). The fourth-order valence-electron chi connectivity index (χ4n) is 2.37. The first kappa shape index (κ1) is 15.3. The standard InChI is InChI=1S/C17H16Cl2N2O/c18-15-6-5-14(16(19)8-15)11-21(17(22)13-3-4-13)10-12-2-1-7-20-9-12/h1-2,5-9,13H,3-4,10-11H2. The summed E-state index contributed by atoms with van der Waals surface area (Å²) in [6.45, 7) is 1.03. The normalized spacial score (nSPS) is 13.9. The van der Waals surface area contributed by atoms with Crippen LogP contribution in [0.2, 0.25) is 10.0 Å². The van der Waals surface area contributed by atoms with Gasteiger partial charge in [0.1, 0.15) is 0 Å². The molecule has 1 heterocycles. The van der Waals surface area contributed by atoms with E-state index in [9.17, 15) is 4.79 Å². The van der Waals surface area contributed by atoms with Crippen LogP contribution in [0.1, 0.15) is 24.0 Å². The highest BCUT2D eigenvalue weighted by molar-refractivity contribution is 6.35. The van der Waals surface area contributed by atoms with Gasteiger partial charge in [0.05, 0.1) is 0 Å². The second-order valence-corrected chi connectivity index (χ2v) is 6.41. The first-order valence-corrected chi connectivity index (χ1v) is 8.00. The molecule has 1 aliphatic rings. The van der Waals surface area contributed by atoms with Gasteiger partial charge in [-0.1, -0.05) is 35.3 Å². The molecule has 1 amide bonds. The molecular formula is C17H16Cl2N2O. The van der Waals surface area contributed by atoms with Crippen molar-refractivity contribution in [3.05, 3.63) is 63.9 Å². The first-order valence-electron chi connectivity index (χ1n) is 7.25. The maximum Gasteiger partial charge on any atom is 0.226 e. The lowest BCUT2D eigenvalue weighted by Crippen LogP contribution is -2.31. The van der Waals surface area contributed by atoms with Crippen LogP contribution in [0.3, 0.4) is 0 Å². The minimum Gasteiger partial charge on any atom is -0.334 e. The number of carbonyl (C=O) groups excluding carboxylic acids is 1. The molecule has 3 nitrogen and oxygen atoms in total. The molecule has 1 aromatic carbocycles. The Morgan fingerprint density at radius 1 is 1.23 bits per heavy atom. The highest BCUT2D eigenvalue weighted by Gasteiger charge is 2.33. The van der Waals surface area contributed by atoms with Crippen LogP contribution < -0.4 is 0 Å². The van der Waals surface area contributed by atoms with Crippen LogP contribution in [-0.2, 0) is 17.9 Å². The van der Waals surface area contributed by atoms with E-state index in [2.05, 4.69) is 4.98 Å². The molecular weight excluding hydrogens is 319 g/mol. The summed E-state index contributed by atoms with van der Waals surface area (Å²) in [5, 5.41) is 1.19. The van der Waals surface area contributed by atoms with Crippen LogP contribution in [0.25, 0.3) is 0 Å². The third-order valence-electron chi connectivity index (χ3n) is 3.71.